The Morgan fingerprint density at radius 2 is 2.25 bits per heavy atom. The summed E-state index contributed by atoms with van der Waals surface area (Å²) >= 11 is 0. The summed E-state index contributed by atoms with van der Waals surface area (Å²) in [5.41, 5.74) is 1.91. The van der Waals surface area contributed by atoms with Gasteiger partial charge in [0.2, 0.25) is 0 Å². The molecule has 0 fully saturated rings. The van der Waals surface area contributed by atoms with E-state index in [2.05, 4.69) is 4.98 Å². The molecule has 0 bridgehead atoms. The second-order valence-corrected chi connectivity index (χ2v) is 5.11. The number of aromatic nitrogens is 2. The van der Waals surface area contributed by atoms with Crippen LogP contribution in [0.15, 0.2) is 30.6 Å². The van der Waals surface area contributed by atoms with Gasteiger partial charge in [-0.15, -0.1) is 0 Å². The largest absolute Gasteiger partial charge is 0.493 e. The first-order valence-corrected chi connectivity index (χ1v) is 7.00. The molecule has 1 aromatic carbocycles. The maximum absolute atomic E-state index is 11.9. The number of ether oxygens (including phenoxy) is 1. The average molecular weight is 270 g/mol. The number of carbonyl (C=O) groups is 1. The number of fused-ring (bicyclic) bond motifs is 1. The van der Waals surface area contributed by atoms with E-state index in [1.165, 1.54) is 0 Å². The van der Waals surface area contributed by atoms with Crippen LogP contribution in [0.2, 0.25) is 0 Å². The van der Waals surface area contributed by atoms with Gasteiger partial charge < -0.3 is 9.30 Å². The van der Waals surface area contributed by atoms with E-state index in [-0.39, 0.29) is 5.78 Å². The highest BCUT2D eigenvalue weighted by Gasteiger charge is 2.20. The van der Waals surface area contributed by atoms with Crippen molar-refractivity contribution in [3.05, 3.63) is 47.5 Å². The fourth-order valence-electron chi connectivity index (χ4n) is 2.67. The van der Waals surface area contributed by atoms with Crippen molar-refractivity contribution in [2.24, 2.45) is 7.05 Å². The second kappa shape index (κ2) is 5.49. The summed E-state index contributed by atoms with van der Waals surface area (Å²) in [5.74, 6) is 2.09. The maximum Gasteiger partial charge on any atom is 0.163 e. The minimum absolute atomic E-state index is 0.237. The van der Waals surface area contributed by atoms with Crippen LogP contribution in [0.1, 0.15) is 34.6 Å². The zero-order valence-electron chi connectivity index (χ0n) is 11.6. The van der Waals surface area contributed by atoms with E-state index in [0.29, 0.717) is 13.0 Å². The fraction of sp³-hybridized carbons (Fsp3) is 0.375. The molecule has 1 aliphatic carbocycles. The van der Waals surface area contributed by atoms with E-state index in [1.54, 1.807) is 6.20 Å². The summed E-state index contributed by atoms with van der Waals surface area (Å²) in [6.45, 7) is 0.579. The SMILES string of the molecule is Cn1ccnc1CCOc1cccc2c1CCCC2=O. The van der Waals surface area contributed by atoms with E-state index in [0.717, 1.165) is 42.0 Å². The Morgan fingerprint density at radius 1 is 1.35 bits per heavy atom. The number of rotatable bonds is 4. The van der Waals surface area contributed by atoms with Crippen molar-refractivity contribution < 1.29 is 9.53 Å². The number of benzene rings is 1. The van der Waals surface area contributed by atoms with Gasteiger partial charge in [-0.3, -0.25) is 4.79 Å². The number of carbonyl (C=O) groups excluding carboxylic acids is 1. The molecule has 4 nitrogen and oxygen atoms in total. The molecule has 104 valence electrons. The number of aryl methyl sites for hydroxylation is 1. The van der Waals surface area contributed by atoms with Crippen LogP contribution in [0.25, 0.3) is 0 Å². The molecule has 0 N–H and O–H groups in total. The Kier molecular flexibility index (Phi) is 3.54. The average Bonchev–Trinajstić information content (AvgIpc) is 2.86. The quantitative estimate of drug-likeness (QED) is 0.857. The van der Waals surface area contributed by atoms with Gasteiger partial charge in [0.05, 0.1) is 6.61 Å². The minimum Gasteiger partial charge on any atom is -0.493 e. The topological polar surface area (TPSA) is 44.1 Å². The molecule has 3 rings (SSSR count). The van der Waals surface area contributed by atoms with Gasteiger partial charge in [0, 0.05) is 43.4 Å². The van der Waals surface area contributed by atoms with Crippen molar-refractivity contribution in [1.82, 2.24) is 9.55 Å². The number of ketones is 1. The van der Waals surface area contributed by atoms with Crippen molar-refractivity contribution in [2.45, 2.75) is 25.7 Å². The third kappa shape index (κ3) is 2.46. The smallest absolute Gasteiger partial charge is 0.163 e. The number of hydrogen-bond acceptors (Lipinski definition) is 3. The van der Waals surface area contributed by atoms with E-state index in [1.807, 2.05) is 36.0 Å². The molecule has 1 aromatic heterocycles. The molecule has 1 heterocycles. The predicted octanol–water partition coefficient (Wildman–Crippen LogP) is 2.56. The molecule has 2 aromatic rings. The molecule has 0 saturated carbocycles. The molecule has 0 saturated heterocycles. The Morgan fingerprint density at radius 3 is 3.05 bits per heavy atom. The zero-order chi connectivity index (χ0) is 13.9. The standard InChI is InChI=1S/C16H18N2O2/c1-18-10-9-17-16(18)8-11-20-15-7-3-4-12-13(15)5-2-6-14(12)19/h3-4,7,9-10H,2,5-6,8,11H2,1H3. The highest BCUT2D eigenvalue weighted by molar-refractivity contribution is 5.99. The number of Topliss-reactive ketones (excluding diaryl/α,β-unsaturated/α-hetero) is 1. The lowest BCUT2D eigenvalue weighted by Gasteiger charge is -2.18. The molecule has 0 amide bonds. The Labute approximate surface area is 118 Å². The summed E-state index contributed by atoms with van der Waals surface area (Å²) in [7, 11) is 1.98. The molecule has 0 atom stereocenters. The van der Waals surface area contributed by atoms with E-state index in [4.69, 9.17) is 4.74 Å². The third-order valence-electron chi connectivity index (χ3n) is 3.77. The van der Waals surface area contributed by atoms with Gasteiger partial charge in [-0.1, -0.05) is 12.1 Å². The first-order chi connectivity index (χ1) is 9.75. The normalized spacial score (nSPS) is 14.2. The van der Waals surface area contributed by atoms with E-state index in [9.17, 15) is 4.79 Å². The molecule has 0 spiro atoms. The number of imidazole rings is 1. The van der Waals surface area contributed by atoms with Gasteiger partial charge in [0.1, 0.15) is 11.6 Å². The predicted molar refractivity (Wildman–Crippen MR) is 76.1 cm³/mol. The lowest BCUT2D eigenvalue weighted by molar-refractivity contribution is 0.0971. The fourth-order valence-corrected chi connectivity index (χ4v) is 2.67. The van der Waals surface area contributed by atoms with Crippen LogP contribution < -0.4 is 4.74 Å². The van der Waals surface area contributed by atoms with Crippen LogP contribution in [0, 0.1) is 0 Å². The van der Waals surface area contributed by atoms with Crippen molar-refractivity contribution in [1.29, 1.82) is 0 Å². The highest BCUT2D eigenvalue weighted by Crippen LogP contribution is 2.29. The van der Waals surface area contributed by atoms with Crippen LogP contribution in [0.4, 0.5) is 0 Å². The first kappa shape index (κ1) is 12.9. The summed E-state index contributed by atoms with van der Waals surface area (Å²) in [6, 6.07) is 5.76. The number of nitrogens with zero attached hydrogens (tertiary/aromatic N) is 2. The second-order valence-electron chi connectivity index (χ2n) is 5.11. The van der Waals surface area contributed by atoms with Crippen LogP contribution in [-0.4, -0.2) is 21.9 Å². The van der Waals surface area contributed by atoms with Crippen molar-refractivity contribution in [3.8, 4) is 5.75 Å². The van der Waals surface area contributed by atoms with Gasteiger partial charge in [0.15, 0.2) is 5.78 Å². The van der Waals surface area contributed by atoms with Crippen LogP contribution in [0.3, 0.4) is 0 Å². The van der Waals surface area contributed by atoms with Gasteiger partial charge in [-0.05, 0) is 18.9 Å². The lowest BCUT2D eigenvalue weighted by Crippen LogP contribution is -2.13. The Hall–Kier alpha value is -2.10. The van der Waals surface area contributed by atoms with Crippen molar-refractivity contribution in [3.63, 3.8) is 0 Å². The summed E-state index contributed by atoms with van der Waals surface area (Å²) in [6.07, 6.45) is 6.99. The number of hydrogen-bond donors (Lipinski definition) is 0. The monoisotopic (exact) mass is 270 g/mol. The van der Waals surface area contributed by atoms with Crippen molar-refractivity contribution in [2.75, 3.05) is 6.61 Å². The molecule has 4 heteroatoms. The minimum atomic E-state index is 0.237. The molecule has 0 aliphatic heterocycles. The van der Waals surface area contributed by atoms with Gasteiger partial charge in [0.25, 0.3) is 0 Å². The lowest BCUT2D eigenvalue weighted by atomic mass is 9.90. The first-order valence-electron chi connectivity index (χ1n) is 7.00. The van der Waals surface area contributed by atoms with E-state index < -0.39 is 0 Å². The molecule has 0 unspecified atom stereocenters. The van der Waals surface area contributed by atoms with Crippen LogP contribution in [-0.2, 0) is 19.9 Å². The van der Waals surface area contributed by atoms with Crippen molar-refractivity contribution >= 4 is 5.78 Å². The molecular weight excluding hydrogens is 252 g/mol. The molecule has 0 radical (unpaired) electrons. The Bertz CT molecular complexity index is 631. The van der Waals surface area contributed by atoms with Crippen LogP contribution in [0.5, 0.6) is 5.75 Å². The van der Waals surface area contributed by atoms with E-state index >= 15 is 0 Å². The van der Waals surface area contributed by atoms with Gasteiger partial charge in [-0.25, -0.2) is 4.98 Å². The molecule has 20 heavy (non-hydrogen) atoms. The molecular formula is C16H18N2O2. The highest BCUT2D eigenvalue weighted by atomic mass is 16.5. The summed E-state index contributed by atoms with van der Waals surface area (Å²) in [4.78, 5) is 16.1. The Balaban J connectivity index is 1.70. The zero-order valence-corrected chi connectivity index (χ0v) is 11.6. The summed E-state index contributed by atoms with van der Waals surface area (Å²) < 4.78 is 7.87. The van der Waals surface area contributed by atoms with Crippen LogP contribution >= 0.6 is 0 Å². The van der Waals surface area contributed by atoms with Gasteiger partial charge in [-0.2, -0.15) is 0 Å². The summed E-state index contributed by atoms with van der Waals surface area (Å²) in [5, 5.41) is 0. The third-order valence-corrected chi connectivity index (χ3v) is 3.77. The van der Waals surface area contributed by atoms with Gasteiger partial charge >= 0.3 is 0 Å². The maximum atomic E-state index is 11.9. The molecule has 1 aliphatic rings.